The van der Waals surface area contributed by atoms with Gasteiger partial charge in [-0.1, -0.05) is 41.9 Å². The Morgan fingerprint density at radius 1 is 0.871 bits per heavy atom. The maximum absolute atomic E-state index is 12.9. The van der Waals surface area contributed by atoms with Crippen molar-refractivity contribution in [3.05, 3.63) is 114 Å². The van der Waals surface area contributed by atoms with E-state index in [4.69, 9.17) is 16.3 Å². The summed E-state index contributed by atoms with van der Waals surface area (Å²) in [6.07, 6.45) is 0. The van der Waals surface area contributed by atoms with E-state index < -0.39 is 27.3 Å². The molecule has 0 fully saturated rings. The predicted octanol–water partition coefficient (Wildman–Crippen LogP) is 4.74. The second kappa shape index (κ2) is 9.14. The lowest BCUT2D eigenvalue weighted by Crippen LogP contribution is -2.13. The number of ether oxygens (including phenoxy) is 1. The minimum atomic E-state index is -0.820. The molecule has 0 saturated heterocycles. The van der Waals surface area contributed by atoms with Gasteiger partial charge in [0.25, 0.3) is 11.4 Å². The number of nitrogens with zero attached hydrogens (tertiary/aromatic N) is 2. The van der Waals surface area contributed by atoms with E-state index in [1.165, 1.54) is 54.6 Å². The average Bonchev–Trinajstić information content (AvgIpc) is 2.77. The number of halogens is 1. The maximum atomic E-state index is 12.9. The zero-order valence-electron chi connectivity index (χ0n) is 15.7. The lowest BCUT2D eigenvalue weighted by atomic mass is 9.98. The van der Waals surface area contributed by atoms with Crippen LogP contribution in [0.25, 0.3) is 0 Å². The fourth-order valence-electron chi connectivity index (χ4n) is 2.79. The number of benzene rings is 3. The minimum absolute atomic E-state index is 0.0110. The molecular weight excluding hydrogens is 428 g/mol. The lowest BCUT2D eigenvalue weighted by molar-refractivity contribution is -0.385. The van der Waals surface area contributed by atoms with Crippen LogP contribution in [0.4, 0.5) is 11.4 Å². The van der Waals surface area contributed by atoms with E-state index in [9.17, 15) is 29.8 Å². The van der Waals surface area contributed by atoms with E-state index in [1.807, 2.05) is 0 Å². The number of nitro benzene ring substituents is 2. The summed E-state index contributed by atoms with van der Waals surface area (Å²) in [6, 6.07) is 15.0. The summed E-state index contributed by atoms with van der Waals surface area (Å²) in [7, 11) is 0. The number of hydrogen-bond donors (Lipinski definition) is 0. The third-order valence-electron chi connectivity index (χ3n) is 4.29. The molecule has 0 N–H and O–H groups in total. The van der Waals surface area contributed by atoms with Gasteiger partial charge in [0.1, 0.15) is 11.6 Å². The molecular formula is C21H13ClN2O7. The van der Waals surface area contributed by atoms with Crippen LogP contribution in [0, 0.1) is 20.2 Å². The number of esters is 1. The van der Waals surface area contributed by atoms with Crippen molar-refractivity contribution < 1.29 is 24.2 Å². The van der Waals surface area contributed by atoms with Gasteiger partial charge in [0.15, 0.2) is 5.78 Å². The highest BCUT2D eigenvalue weighted by Gasteiger charge is 2.22. The molecule has 0 spiro atoms. The quantitative estimate of drug-likeness (QED) is 0.224. The number of nitro groups is 2. The van der Waals surface area contributed by atoms with Gasteiger partial charge in [0.05, 0.1) is 15.4 Å². The summed E-state index contributed by atoms with van der Waals surface area (Å²) in [5.41, 5.74) is -0.250. The largest absolute Gasteiger partial charge is 0.457 e. The van der Waals surface area contributed by atoms with Crippen molar-refractivity contribution in [3.8, 4) is 0 Å². The van der Waals surface area contributed by atoms with Gasteiger partial charge in [-0.2, -0.15) is 0 Å². The van der Waals surface area contributed by atoms with Crippen LogP contribution in [-0.2, 0) is 11.3 Å². The summed E-state index contributed by atoms with van der Waals surface area (Å²) in [5.74, 6) is -1.44. The molecule has 9 nitrogen and oxygen atoms in total. The number of carbonyl (C=O) groups excluding carboxylic acids is 2. The van der Waals surface area contributed by atoms with Crippen LogP contribution in [0.3, 0.4) is 0 Å². The second-order valence-corrected chi connectivity index (χ2v) is 6.71. The third-order valence-corrected chi connectivity index (χ3v) is 4.61. The van der Waals surface area contributed by atoms with Crippen LogP contribution >= 0.6 is 11.6 Å². The summed E-state index contributed by atoms with van der Waals surface area (Å²) >= 11 is 5.78. The Balaban J connectivity index is 1.84. The minimum Gasteiger partial charge on any atom is -0.457 e. The molecule has 0 atom stereocenters. The number of hydrogen-bond acceptors (Lipinski definition) is 7. The molecule has 0 heterocycles. The van der Waals surface area contributed by atoms with Gasteiger partial charge < -0.3 is 4.74 Å². The van der Waals surface area contributed by atoms with E-state index in [-0.39, 0.29) is 34.0 Å². The van der Waals surface area contributed by atoms with Crippen LogP contribution in [0.2, 0.25) is 5.02 Å². The van der Waals surface area contributed by atoms with Crippen molar-refractivity contribution in [1.29, 1.82) is 0 Å². The molecule has 0 saturated carbocycles. The third kappa shape index (κ3) is 4.90. The molecule has 31 heavy (non-hydrogen) atoms. The predicted molar refractivity (Wildman–Crippen MR) is 110 cm³/mol. The van der Waals surface area contributed by atoms with Gasteiger partial charge in [0.2, 0.25) is 0 Å². The molecule has 3 aromatic rings. The first-order valence-electron chi connectivity index (χ1n) is 8.76. The molecule has 0 unspecified atom stereocenters. The van der Waals surface area contributed by atoms with Crippen LogP contribution in [0.1, 0.15) is 31.8 Å². The molecule has 156 valence electrons. The Labute approximate surface area is 180 Å². The monoisotopic (exact) mass is 440 g/mol. The molecule has 3 aromatic carbocycles. The van der Waals surface area contributed by atoms with Crippen molar-refractivity contribution in [2.24, 2.45) is 0 Å². The van der Waals surface area contributed by atoms with Gasteiger partial charge in [-0.15, -0.1) is 0 Å². The van der Waals surface area contributed by atoms with Gasteiger partial charge in [-0.05, 0) is 23.8 Å². The summed E-state index contributed by atoms with van der Waals surface area (Å²) in [4.78, 5) is 46.2. The van der Waals surface area contributed by atoms with Crippen LogP contribution < -0.4 is 0 Å². The molecule has 0 aliphatic heterocycles. The molecule has 0 bridgehead atoms. The van der Waals surface area contributed by atoms with Gasteiger partial charge in [-0.25, -0.2) is 4.79 Å². The topological polar surface area (TPSA) is 130 Å². The molecule has 0 amide bonds. The molecule has 10 heteroatoms. The Kier molecular flexibility index (Phi) is 6.37. The fraction of sp³-hybridized carbons (Fsp3) is 0.0476. The van der Waals surface area contributed by atoms with Crippen molar-refractivity contribution in [3.63, 3.8) is 0 Å². The maximum Gasteiger partial charge on any atom is 0.339 e. The number of rotatable bonds is 7. The Morgan fingerprint density at radius 2 is 1.58 bits per heavy atom. The molecule has 3 rings (SSSR count). The summed E-state index contributed by atoms with van der Waals surface area (Å²) in [6.45, 7) is -0.241. The summed E-state index contributed by atoms with van der Waals surface area (Å²) in [5, 5.41) is 21.8. The highest BCUT2D eigenvalue weighted by atomic mass is 35.5. The Hall–Kier alpha value is -4.11. The highest BCUT2D eigenvalue weighted by molar-refractivity contribution is 6.33. The molecule has 0 aliphatic carbocycles. The van der Waals surface area contributed by atoms with Crippen molar-refractivity contribution in [2.75, 3.05) is 0 Å². The number of non-ortho nitro benzene ring substituents is 1. The van der Waals surface area contributed by atoms with Gasteiger partial charge in [0, 0.05) is 29.3 Å². The fourth-order valence-corrected chi connectivity index (χ4v) is 2.98. The van der Waals surface area contributed by atoms with E-state index in [0.717, 1.165) is 6.07 Å². The van der Waals surface area contributed by atoms with Gasteiger partial charge in [-0.3, -0.25) is 25.0 Å². The smallest absolute Gasteiger partial charge is 0.339 e. The van der Waals surface area contributed by atoms with Crippen molar-refractivity contribution in [1.82, 2.24) is 0 Å². The first kappa shape index (κ1) is 21.6. The summed E-state index contributed by atoms with van der Waals surface area (Å²) < 4.78 is 5.21. The van der Waals surface area contributed by atoms with Crippen molar-refractivity contribution in [2.45, 2.75) is 6.61 Å². The zero-order chi connectivity index (χ0) is 22.5. The van der Waals surface area contributed by atoms with Crippen LogP contribution in [-0.4, -0.2) is 21.6 Å². The van der Waals surface area contributed by atoms with E-state index in [0.29, 0.717) is 5.56 Å². The van der Waals surface area contributed by atoms with E-state index in [2.05, 4.69) is 0 Å². The Morgan fingerprint density at radius 3 is 2.26 bits per heavy atom. The number of carbonyl (C=O) groups is 2. The molecule has 0 aliphatic rings. The highest BCUT2D eigenvalue weighted by Crippen LogP contribution is 2.27. The van der Waals surface area contributed by atoms with Crippen LogP contribution in [0.15, 0.2) is 66.7 Å². The Bertz CT molecular complexity index is 1210. The van der Waals surface area contributed by atoms with Crippen LogP contribution in [0.5, 0.6) is 0 Å². The number of ketones is 1. The standard InChI is InChI=1S/C21H13ClN2O7/c22-18-9-8-14(11-19(18)24(29)30)20(25)16-6-1-2-7-17(16)21(26)31-12-13-4-3-5-15(10-13)23(27)28/h1-11H,12H2. The molecule has 0 radical (unpaired) electrons. The lowest BCUT2D eigenvalue weighted by Gasteiger charge is -2.09. The first-order chi connectivity index (χ1) is 14.8. The second-order valence-electron chi connectivity index (χ2n) is 6.30. The zero-order valence-corrected chi connectivity index (χ0v) is 16.4. The first-order valence-corrected chi connectivity index (χ1v) is 9.14. The van der Waals surface area contributed by atoms with E-state index in [1.54, 1.807) is 6.07 Å². The van der Waals surface area contributed by atoms with E-state index >= 15 is 0 Å². The average molecular weight is 441 g/mol. The SMILES string of the molecule is O=C(OCc1cccc([N+](=O)[O-])c1)c1ccccc1C(=O)c1ccc(Cl)c([N+](=O)[O-])c1. The normalized spacial score (nSPS) is 10.4. The van der Waals surface area contributed by atoms with Crippen molar-refractivity contribution >= 4 is 34.7 Å². The van der Waals surface area contributed by atoms with Gasteiger partial charge >= 0.3 is 5.97 Å². The molecule has 0 aromatic heterocycles.